The average molecular weight is 519 g/mol. The number of nitriles is 1. The van der Waals surface area contributed by atoms with Gasteiger partial charge in [0.15, 0.2) is 0 Å². The lowest BCUT2D eigenvalue weighted by Gasteiger charge is -2.34. The molecule has 2 amide bonds. The minimum absolute atomic E-state index is 0.0829. The zero-order chi connectivity index (χ0) is 26.6. The third kappa shape index (κ3) is 5.97. The Balaban J connectivity index is 1.50. The number of nitrogens with zero attached hydrogens (tertiary/aromatic N) is 3. The molecule has 3 aromatic carbocycles. The topological polar surface area (TPSA) is 120 Å². The SMILES string of the molecule is Cc1cc(C)cc(Oc2ccc(C#N)cc2S(=O)(=O)N2CCN(C(=O)Nc3ccc(C=O)cc3)CC2)c1. The summed E-state index contributed by atoms with van der Waals surface area (Å²) in [6, 6.07) is 18.0. The van der Waals surface area contributed by atoms with Crippen LogP contribution in [0.4, 0.5) is 10.5 Å². The van der Waals surface area contributed by atoms with Crippen LogP contribution in [-0.2, 0) is 10.0 Å². The number of sulfonamides is 1. The molecule has 0 aliphatic carbocycles. The van der Waals surface area contributed by atoms with E-state index in [0.29, 0.717) is 17.0 Å². The van der Waals surface area contributed by atoms with Crippen molar-refractivity contribution in [2.75, 3.05) is 31.5 Å². The Kier molecular flexibility index (Phi) is 7.57. The van der Waals surface area contributed by atoms with Gasteiger partial charge in [0.25, 0.3) is 0 Å². The number of piperazine rings is 1. The summed E-state index contributed by atoms with van der Waals surface area (Å²) in [6.45, 7) is 4.38. The zero-order valence-electron chi connectivity index (χ0n) is 20.5. The fraction of sp³-hybridized carbons (Fsp3) is 0.222. The predicted octanol–water partition coefficient (Wildman–Crippen LogP) is 4.32. The summed E-state index contributed by atoms with van der Waals surface area (Å²) in [4.78, 5) is 24.9. The number of benzene rings is 3. The van der Waals surface area contributed by atoms with Gasteiger partial charge in [0, 0.05) is 37.4 Å². The van der Waals surface area contributed by atoms with Crippen LogP contribution in [0.2, 0.25) is 0 Å². The second kappa shape index (κ2) is 10.8. The second-order valence-corrected chi connectivity index (χ2v) is 10.7. The van der Waals surface area contributed by atoms with Gasteiger partial charge in [0.05, 0.1) is 11.6 Å². The number of nitrogens with one attached hydrogen (secondary N) is 1. The number of carbonyl (C=O) groups excluding carboxylic acids is 2. The Hall–Kier alpha value is -4.20. The van der Waals surface area contributed by atoms with Crippen LogP contribution < -0.4 is 10.1 Å². The lowest BCUT2D eigenvalue weighted by atomic mass is 10.1. The van der Waals surface area contributed by atoms with Gasteiger partial charge in [-0.2, -0.15) is 9.57 Å². The Labute approximate surface area is 215 Å². The molecule has 0 saturated carbocycles. The number of hydrogen-bond donors (Lipinski definition) is 1. The van der Waals surface area contributed by atoms with Crippen molar-refractivity contribution in [3.8, 4) is 17.6 Å². The molecule has 0 unspecified atom stereocenters. The van der Waals surface area contributed by atoms with Crippen molar-refractivity contribution in [2.24, 2.45) is 0 Å². The number of aldehydes is 1. The predicted molar refractivity (Wildman–Crippen MR) is 138 cm³/mol. The van der Waals surface area contributed by atoms with Gasteiger partial charge >= 0.3 is 6.03 Å². The first-order chi connectivity index (χ1) is 17.7. The Morgan fingerprint density at radius 3 is 2.22 bits per heavy atom. The largest absolute Gasteiger partial charge is 0.456 e. The molecule has 0 aromatic heterocycles. The van der Waals surface area contributed by atoms with E-state index in [1.165, 1.54) is 27.4 Å². The molecule has 1 aliphatic heterocycles. The number of rotatable bonds is 6. The molecule has 10 heteroatoms. The second-order valence-electron chi connectivity index (χ2n) is 8.76. The van der Waals surface area contributed by atoms with Crippen molar-refractivity contribution in [1.82, 2.24) is 9.21 Å². The first kappa shape index (κ1) is 25.9. The molecule has 1 N–H and O–H groups in total. The number of urea groups is 1. The summed E-state index contributed by atoms with van der Waals surface area (Å²) in [5, 5.41) is 12.1. The summed E-state index contributed by atoms with van der Waals surface area (Å²) in [5.74, 6) is 0.629. The van der Waals surface area contributed by atoms with Crippen molar-refractivity contribution >= 4 is 28.0 Å². The molecule has 1 heterocycles. The molecule has 37 heavy (non-hydrogen) atoms. The Morgan fingerprint density at radius 1 is 0.973 bits per heavy atom. The third-order valence-electron chi connectivity index (χ3n) is 5.94. The van der Waals surface area contributed by atoms with Crippen LogP contribution in [-0.4, -0.2) is 56.1 Å². The van der Waals surface area contributed by atoms with E-state index >= 15 is 0 Å². The summed E-state index contributed by atoms with van der Waals surface area (Å²) in [7, 11) is -4.02. The van der Waals surface area contributed by atoms with E-state index < -0.39 is 10.0 Å². The Morgan fingerprint density at radius 2 is 1.62 bits per heavy atom. The molecule has 0 radical (unpaired) electrons. The fourth-order valence-corrected chi connectivity index (χ4v) is 5.66. The van der Waals surface area contributed by atoms with E-state index in [-0.39, 0.29) is 48.4 Å². The van der Waals surface area contributed by atoms with Gasteiger partial charge in [-0.15, -0.1) is 0 Å². The maximum atomic E-state index is 13.6. The molecule has 1 saturated heterocycles. The molecule has 0 atom stereocenters. The molecule has 3 aromatic rings. The zero-order valence-corrected chi connectivity index (χ0v) is 21.3. The van der Waals surface area contributed by atoms with Crippen molar-refractivity contribution in [3.63, 3.8) is 0 Å². The van der Waals surface area contributed by atoms with Crippen molar-refractivity contribution in [1.29, 1.82) is 5.26 Å². The van der Waals surface area contributed by atoms with Crippen LogP contribution in [0.5, 0.6) is 11.5 Å². The summed E-state index contributed by atoms with van der Waals surface area (Å²) >= 11 is 0. The van der Waals surface area contributed by atoms with Gasteiger partial charge in [-0.1, -0.05) is 6.07 Å². The van der Waals surface area contributed by atoms with Crippen LogP contribution >= 0.6 is 0 Å². The van der Waals surface area contributed by atoms with E-state index in [2.05, 4.69) is 5.32 Å². The summed E-state index contributed by atoms with van der Waals surface area (Å²) < 4.78 is 34.5. The monoisotopic (exact) mass is 518 g/mol. The van der Waals surface area contributed by atoms with Gasteiger partial charge in [0.1, 0.15) is 22.7 Å². The van der Waals surface area contributed by atoms with E-state index in [9.17, 15) is 23.3 Å². The molecular weight excluding hydrogens is 492 g/mol. The van der Waals surface area contributed by atoms with Gasteiger partial charge in [-0.3, -0.25) is 4.79 Å². The van der Waals surface area contributed by atoms with Crippen LogP contribution in [0.1, 0.15) is 27.0 Å². The highest BCUT2D eigenvalue weighted by Gasteiger charge is 2.32. The van der Waals surface area contributed by atoms with Crippen molar-refractivity contribution in [2.45, 2.75) is 18.7 Å². The van der Waals surface area contributed by atoms with Crippen molar-refractivity contribution < 1.29 is 22.7 Å². The molecule has 190 valence electrons. The number of ether oxygens (including phenoxy) is 1. The minimum atomic E-state index is -4.02. The Bertz CT molecular complexity index is 1450. The smallest absolute Gasteiger partial charge is 0.321 e. The molecule has 9 nitrogen and oxygen atoms in total. The first-order valence-electron chi connectivity index (χ1n) is 11.6. The van der Waals surface area contributed by atoms with Crippen LogP contribution in [0, 0.1) is 25.2 Å². The van der Waals surface area contributed by atoms with E-state index in [1.807, 2.05) is 38.1 Å². The van der Waals surface area contributed by atoms with Gasteiger partial charge in [-0.05, 0) is 79.6 Å². The minimum Gasteiger partial charge on any atom is -0.456 e. The van der Waals surface area contributed by atoms with Gasteiger partial charge in [0.2, 0.25) is 10.0 Å². The molecule has 4 rings (SSSR count). The third-order valence-corrected chi connectivity index (χ3v) is 7.86. The molecular formula is C27H26N4O5S. The number of carbonyl (C=O) groups is 2. The number of anilines is 1. The molecule has 1 aliphatic rings. The standard InChI is InChI=1S/C27H26N4O5S/c1-19-13-20(2)15-24(14-19)36-25-8-5-22(17-28)16-26(25)37(34,35)31-11-9-30(10-12-31)27(33)29-23-6-3-21(18-32)4-7-23/h3-8,13-16,18H,9-12H2,1-2H3,(H,29,33). The van der Waals surface area contributed by atoms with Gasteiger partial charge in [-0.25, -0.2) is 13.2 Å². The van der Waals surface area contributed by atoms with Crippen LogP contribution in [0.15, 0.2) is 65.6 Å². The number of amides is 2. The molecule has 0 spiro atoms. The van der Waals surface area contributed by atoms with E-state index in [4.69, 9.17) is 4.74 Å². The van der Waals surface area contributed by atoms with Crippen molar-refractivity contribution in [3.05, 3.63) is 82.9 Å². The van der Waals surface area contributed by atoms with E-state index in [1.54, 1.807) is 24.3 Å². The highest BCUT2D eigenvalue weighted by atomic mass is 32.2. The molecule has 0 bridgehead atoms. The van der Waals surface area contributed by atoms with Crippen LogP contribution in [0.3, 0.4) is 0 Å². The number of hydrogen-bond acceptors (Lipinski definition) is 6. The maximum absolute atomic E-state index is 13.6. The highest BCUT2D eigenvalue weighted by Crippen LogP contribution is 2.33. The first-order valence-corrected chi connectivity index (χ1v) is 13.1. The van der Waals surface area contributed by atoms with Crippen LogP contribution in [0.25, 0.3) is 0 Å². The normalized spacial score (nSPS) is 14.0. The molecule has 1 fully saturated rings. The highest BCUT2D eigenvalue weighted by molar-refractivity contribution is 7.89. The lowest BCUT2D eigenvalue weighted by Crippen LogP contribution is -2.51. The lowest BCUT2D eigenvalue weighted by molar-refractivity contribution is 0.112. The summed E-state index contributed by atoms with van der Waals surface area (Å²) in [5.41, 5.74) is 3.18. The maximum Gasteiger partial charge on any atom is 0.321 e. The average Bonchev–Trinajstić information content (AvgIpc) is 2.88. The fourth-order valence-electron chi connectivity index (χ4n) is 4.10. The van der Waals surface area contributed by atoms with Gasteiger partial charge < -0.3 is 15.0 Å². The quantitative estimate of drug-likeness (QED) is 0.486. The summed E-state index contributed by atoms with van der Waals surface area (Å²) in [6.07, 6.45) is 0.718. The van der Waals surface area contributed by atoms with E-state index in [0.717, 1.165) is 17.4 Å². The number of aryl methyl sites for hydroxylation is 2.